The molecule has 0 atom stereocenters. The van der Waals surface area contributed by atoms with E-state index in [1.807, 2.05) is 12.1 Å². The number of amides is 1. The predicted octanol–water partition coefficient (Wildman–Crippen LogP) is 1.94. The number of hydrogen-bond donors (Lipinski definition) is 1. The highest BCUT2D eigenvalue weighted by atomic mass is 16.5. The van der Waals surface area contributed by atoms with Crippen LogP contribution in [0.5, 0.6) is 5.75 Å². The number of methoxy groups -OCH3 is 1. The third-order valence-corrected chi connectivity index (χ3v) is 6.26. The Morgan fingerprint density at radius 2 is 1.92 bits per heavy atom. The number of carbonyl (C=O) groups is 2. The number of ether oxygens (including phenoxy) is 1. The van der Waals surface area contributed by atoms with Crippen molar-refractivity contribution in [2.45, 2.75) is 20.0 Å². The van der Waals surface area contributed by atoms with Crippen LogP contribution in [-0.4, -0.2) is 69.5 Å². The van der Waals surface area contributed by atoms with Crippen LogP contribution in [0.1, 0.15) is 22.0 Å². The second-order valence-corrected chi connectivity index (χ2v) is 8.34. The zero-order valence-electron chi connectivity index (χ0n) is 19.5. The summed E-state index contributed by atoms with van der Waals surface area (Å²) in [6, 6.07) is 3.83. The quantitative estimate of drug-likeness (QED) is 0.296. The lowest BCUT2D eigenvalue weighted by molar-refractivity contribution is -0.127. The van der Waals surface area contributed by atoms with Gasteiger partial charge in [-0.05, 0) is 19.1 Å². The normalized spacial score (nSPS) is 13.1. The smallest absolute Gasteiger partial charge is 0.295 e. The second-order valence-electron chi connectivity index (χ2n) is 8.34. The summed E-state index contributed by atoms with van der Waals surface area (Å²) in [4.78, 5) is 48.4. The molecule has 1 aliphatic heterocycles. The van der Waals surface area contributed by atoms with Crippen LogP contribution >= 0.6 is 0 Å². The molecule has 0 spiro atoms. The molecule has 12 nitrogen and oxygen atoms in total. The molecule has 1 N–H and O–H groups in total. The zero-order chi connectivity index (χ0) is 24.8. The number of nitrogens with one attached hydrogen (secondary N) is 1. The molecule has 12 heteroatoms. The van der Waals surface area contributed by atoms with Gasteiger partial charge in [-0.1, -0.05) is 0 Å². The molecule has 0 fully saturated rings. The number of imidazole rings is 1. The van der Waals surface area contributed by atoms with Crippen molar-refractivity contribution >= 4 is 22.6 Å². The molecule has 0 radical (unpaired) electrons. The maximum atomic E-state index is 13.4. The third kappa shape index (κ3) is 3.42. The second kappa shape index (κ2) is 8.41. The van der Waals surface area contributed by atoms with E-state index in [0.29, 0.717) is 41.4 Å². The van der Waals surface area contributed by atoms with Crippen LogP contribution in [0.2, 0.25) is 0 Å². The number of H-pyrrole nitrogens is 1. The van der Waals surface area contributed by atoms with Gasteiger partial charge in [0.1, 0.15) is 23.7 Å². The molecule has 180 valence electrons. The van der Waals surface area contributed by atoms with Gasteiger partial charge in [-0.15, -0.1) is 0 Å². The van der Waals surface area contributed by atoms with E-state index in [9.17, 15) is 9.59 Å². The summed E-state index contributed by atoms with van der Waals surface area (Å²) in [7, 11) is 1.49. The number of Topliss-reactive ketones (excluding diaryl/α,β-unsaturated/α-hetero) is 1. The SMILES string of the molecule is COc1cnc(-n2cnc(C)n2)c2[nH]cc(C(=O)C(=O)N3CCn4c(-c5ccncc5)cnc4C3)c12. The van der Waals surface area contributed by atoms with Crippen molar-refractivity contribution in [3.63, 3.8) is 0 Å². The molecule has 1 aliphatic rings. The summed E-state index contributed by atoms with van der Waals surface area (Å²) in [5.41, 5.74) is 2.68. The number of pyridine rings is 2. The Bertz CT molecular complexity index is 1620. The van der Waals surface area contributed by atoms with Crippen LogP contribution < -0.4 is 4.74 Å². The van der Waals surface area contributed by atoms with Crippen molar-refractivity contribution < 1.29 is 14.3 Å². The number of rotatable bonds is 5. The lowest BCUT2D eigenvalue weighted by atomic mass is 10.1. The molecule has 0 bridgehead atoms. The highest BCUT2D eigenvalue weighted by molar-refractivity contribution is 6.45. The Kier molecular flexibility index (Phi) is 5.06. The van der Waals surface area contributed by atoms with E-state index in [0.717, 1.165) is 17.1 Å². The van der Waals surface area contributed by atoms with Crippen LogP contribution in [-0.2, 0) is 17.9 Å². The lowest BCUT2D eigenvalue weighted by Gasteiger charge is -2.28. The monoisotopic (exact) mass is 483 g/mol. The first-order valence-electron chi connectivity index (χ1n) is 11.3. The number of aromatic nitrogens is 8. The van der Waals surface area contributed by atoms with Gasteiger partial charge in [0, 0.05) is 37.2 Å². The largest absolute Gasteiger partial charge is 0.494 e. The zero-order valence-corrected chi connectivity index (χ0v) is 19.5. The minimum absolute atomic E-state index is 0.207. The third-order valence-electron chi connectivity index (χ3n) is 6.26. The van der Waals surface area contributed by atoms with Gasteiger partial charge in [-0.2, -0.15) is 5.10 Å². The van der Waals surface area contributed by atoms with Gasteiger partial charge < -0.3 is 19.2 Å². The van der Waals surface area contributed by atoms with Crippen molar-refractivity contribution in [2.24, 2.45) is 0 Å². The highest BCUT2D eigenvalue weighted by Gasteiger charge is 2.31. The fourth-order valence-corrected chi connectivity index (χ4v) is 4.51. The average molecular weight is 483 g/mol. The molecule has 6 heterocycles. The van der Waals surface area contributed by atoms with Crippen molar-refractivity contribution in [3.8, 4) is 22.8 Å². The molecule has 6 rings (SSSR count). The summed E-state index contributed by atoms with van der Waals surface area (Å²) in [5.74, 6) is 0.877. The average Bonchev–Trinajstić information content (AvgIpc) is 3.65. The van der Waals surface area contributed by atoms with E-state index in [1.54, 1.807) is 25.5 Å². The molecular weight excluding hydrogens is 462 g/mol. The fourth-order valence-electron chi connectivity index (χ4n) is 4.51. The Morgan fingerprint density at radius 1 is 1.08 bits per heavy atom. The Balaban J connectivity index is 1.31. The summed E-state index contributed by atoms with van der Waals surface area (Å²) in [6.45, 7) is 2.92. The predicted molar refractivity (Wildman–Crippen MR) is 128 cm³/mol. The number of carbonyl (C=O) groups excluding carboxylic acids is 2. The summed E-state index contributed by atoms with van der Waals surface area (Å²) in [5, 5.41) is 4.77. The molecule has 5 aromatic heterocycles. The van der Waals surface area contributed by atoms with Crippen molar-refractivity contribution in [3.05, 3.63) is 66.7 Å². The van der Waals surface area contributed by atoms with Gasteiger partial charge in [0.15, 0.2) is 5.82 Å². The summed E-state index contributed by atoms with van der Waals surface area (Å²) in [6.07, 6.45) is 9.79. The molecule has 36 heavy (non-hydrogen) atoms. The Hall–Kier alpha value is -4.87. The number of aromatic amines is 1. The maximum absolute atomic E-state index is 13.4. The van der Waals surface area contributed by atoms with Gasteiger partial charge in [-0.3, -0.25) is 14.6 Å². The summed E-state index contributed by atoms with van der Waals surface area (Å²) < 4.78 is 9.04. The summed E-state index contributed by atoms with van der Waals surface area (Å²) >= 11 is 0. The van der Waals surface area contributed by atoms with Gasteiger partial charge in [-0.25, -0.2) is 19.6 Å². The topological polar surface area (TPSA) is 137 Å². The van der Waals surface area contributed by atoms with Gasteiger partial charge in [0.05, 0.1) is 48.2 Å². The first-order chi connectivity index (χ1) is 17.5. The molecule has 5 aromatic rings. The van der Waals surface area contributed by atoms with Gasteiger partial charge >= 0.3 is 0 Å². The van der Waals surface area contributed by atoms with E-state index in [4.69, 9.17) is 4.74 Å². The van der Waals surface area contributed by atoms with E-state index >= 15 is 0 Å². The molecule has 1 amide bonds. The van der Waals surface area contributed by atoms with Crippen molar-refractivity contribution in [1.29, 1.82) is 0 Å². The standard InChI is InChI=1S/C24H21N9O3/c1-14-29-13-33(30-14)23-21-20(18(36-2)11-28-23)16(9-27-21)22(34)24(35)31-7-8-32-17(10-26-19(32)12-31)15-3-5-25-6-4-15/h3-6,9-11,13,27H,7-8,12H2,1-2H3. The number of aryl methyl sites for hydroxylation is 1. The van der Waals surface area contributed by atoms with Gasteiger partial charge in [0.2, 0.25) is 0 Å². The van der Waals surface area contributed by atoms with E-state index in [-0.39, 0.29) is 12.1 Å². The Labute approximate surface area is 204 Å². The first-order valence-corrected chi connectivity index (χ1v) is 11.3. The van der Waals surface area contributed by atoms with E-state index < -0.39 is 11.7 Å². The molecule has 0 unspecified atom stereocenters. The van der Waals surface area contributed by atoms with Gasteiger partial charge in [0.25, 0.3) is 11.7 Å². The van der Waals surface area contributed by atoms with Crippen LogP contribution in [0.4, 0.5) is 0 Å². The van der Waals surface area contributed by atoms with Crippen molar-refractivity contribution in [1.82, 2.24) is 44.2 Å². The van der Waals surface area contributed by atoms with Crippen LogP contribution in [0.15, 0.2) is 49.4 Å². The molecule has 0 aromatic carbocycles. The molecular formula is C24H21N9O3. The molecule has 0 aliphatic carbocycles. The lowest BCUT2D eigenvalue weighted by Crippen LogP contribution is -2.42. The number of hydrogen-bond acceptors (Lipinski definition) is 8. The number of ketones is 1. The van der Waals surface area contributed by atoms with Crippen LogP contribution in [0.3, 0.4) is 0 Å². The fraction of sp³-hybridized carbons (Fsp3) is 0.208. The number of fused-ring (bicyclic) bond motifs is 2. The highest BCUT2D eigenvalue weighted by Crippen LogP contribution is 2.32. The Morgan fingerprint density at radius 3 is 2.67 bits per heavy atom. The molecule has 0 saturated heterocycles. The minimum Gasteiger partial charge on any atom is -0.494 e. The van der Waals surface area contributed by atoms with Crippen LogP contribution in [0.25, 0.3) is 28.0 Å². The molecule has 0 saturated carbocycles. The van der Waals surface area contributed by atoms with E-state index in [1.165, 1.54) is 35.4 Å². The van der Waals surface area contributed by atoms with E-state index in [2.05, 4.69) is 34.6 Å². The first kappa shape index (κ1) is 21.6. The van der Waals surface area contributed by atoms with Crippen LogP contribution in [0, 0.1) is 6.92 Å². The number of nitrogens with zero attached hydrogens (tertiary/aromatic N) is 8. The minimum atomic E-state index is -0.638. The van der Waals surface area contributed by atoms with Crippen molar-refractivity contribution in [2.75, 3.05) is 13.7 Å². The maximum Gasteiger partial charge on any atom is 0.295 e.